The van der Waals surface area contributed by atoms with Crippen molar-refractivity contribution in [3.05, 3.63) is 0 Å². The second-order valence-corrected chi connectivity index (χ2v) is 3.50. The molecule has 1 heterocycles. The van der Waals surface area contributed by atoms with Gasteiger partial charge in [-0.2, -0.15) is 8.42 Å². The maximum absolute atomic E-state index is 10.8. The molecule has 7 heteroatoms. The molecule has 2 N–H and O–H groups in total. The lowest BCUT2D eigenvalue weighted by Crippen LogP contribution is -2.33. The second kappa shape index (κ2) is 3.38. The van der Waals surface area contributed by atoms with E-state index in [1.807, 2.05) is 0 Å². The van der Waals surface area contributed by atoms with E-state index < -0.39 is 22.4 Å². The molecule has 1 saturated heterocycles. The van der Waals surface area contributed by atoms with Gasteiger partial charge in [0.15, 0.2) is 0 Å². The van der Waals surface area contributed by atoms with Crippen molar-refractivity contribution in [3.63, 3.8) is 0 Å². The highest BCUT2D eigenvalue weighted by molar-refractivity contribution is 7.81. The molecule has 1 rings (SSSR count). The number of rotatable bonds is 2. The molecular weight excluding hydrogens is 186 g/mol. The minimum Gasteiger partial charge on any atom is -0.323 e. The molecule has 0 aromatic rings. The van der Waals surface area contributed by atoms with E-state index in [4.69, 9.17) is 4.55 Å². The average Bonchev–Trinajstić information content (AvgIpc) is 2.32. The minimum absolute atomic E-state index is 0.536. The maximum Gasteiger partial charge on any atom is 0.449 e. The lowest BCUT2D eigenvalue weighted by atomic mass is 10.2. The molecule has 0 aromatic heterocycles. The van der Waals surface area contributed by atoms with Gasteiger partial charge in [-0.1, -0.05) is 0 Å². The quantitative estimate of drug-likeness (QED) is 0.554. The van der Waals surface area contributed by atoms with E-state index in [-0.39, 0.29) is 0 Å². The largest absolute Gasteiger partial charge is 0.449 e. The van der Waals surface area contributed by atoms with Gasteiger partial charge in [-0.25, -0.2) is 4.79 Å². The Morgan fingerprint density at radius 2 is 2.25 bits per heavy atom. The predicted molar refractivity (Wildman–Crippen MR) is 38.7 cm³/mol. The first-order valence-corrected chi connectivity index (χ1v) is 4.80. The highest BCUT2D eigenvalue weighted by Gasteiger charge is 2.26. The molecule has 0 aromatic carbocycles. The fraction of sp³-hybridized carbons (Fsp3) is 0.800. The van der Waals surface area contributed by atoms with Crippen LogP contribution in [0.1, 0.15) is 12.8 Å². The third-order valence-corrected chi connectivity index (χ3v) is 1.91. The van der Waals surface area contributed by atoms with Crippen molar-refractivity contribution < 1.29 is 21.9 Å². The van der Waals surface area contributed by atoms with Gasteiger partial charge in [-0.05, 0) is 19.4 Å². The summed E-state index contributed by atoms with van der Waals surface area (Å²) in [5.41, 5.74) is 0. The minimum atomic E-state index is -4.65. The molecule has 0 radical (unpaired) electrons. The summed E-state index contributed by atoms with van der Waals surface area (Å²) in [5.74, 6) is -0.949. The second-order valence-electron chi connectivity index (χ2n) is 2.48. The SMILES string of the molecule is O=C(OS(=O)(=O)O)[C@@H]1CCCN1. The van der Waals surface area contributed by atoms with Crippen LogP contribution in [0.15, 0.2) is 0 Å². The van der Waals surface area contributed by atoms with Gasteiger partial charge in [0.05, 0.1) is 0 Å². The zero-order chi connectivity index (χ0) is 9.19. The summed E-state index contributed by atoms with van der Waals surface area (Å²) < 4.78 is 32.1. The van der Waals surface area contributed by atoms with Crippen molar-refractivity contribution in [1.82, 2.24) is 5.32 Å². The molecule has 0 amide bonds. The van der Waals surface area contributed by atoms with Gasteiger partial charge in [0, 0.05) is 0 Å². The number of carbonyl (C=O) groups is 1. The molecule has 0 spiro atoms. The lowest BCUT2D eigenvalue weighted by Gasteiger charge is -2.06. The Balaban J connectivity index is 2.48. The Bertz CT molecular complexity index is 266. The van der Waals surface area contributed by atoms with E-state index in [9.17, 15) is 13.2 Å². The van der Waals surface area contributed by atoms with Crippen LogP contribution in [0.5, 0.6) is 0 Å². The molecule has 6 nitrogen and oxygen atoms in total. The molecular formula is C5H9NO5S. The van der Waals surface area contributed by atoms with E-state index in [2.05, 4.69) is 9.50 Å². The van der Waals surface area contributed by atoms with Gasteiger partial charge in [0.25, 0.3) is 0 Å². The summed E-state index contributed by atoms with van der Waals surface area (Å²) in [5, 5.41) is 2.73. The number of nitrogens with one attached hydrogen (secondary N) is 1. The number of carbonyl (C=O) groups excluding carboxylic acids is 1. The zero-order valence-electron chi connectivity index (χ0n) is 6.19. The zero-order valence-corrected chi connectivity index (χ0v) is 7.00. The van der Waals surface area contributed by atoms with Gasteiger partial charge in [0.2, 0.25) is 0 Å². The third kappa shape index (κ3) is 2.76. The van der Waals surface area contributed by atoms with Crippen molar-refractivity contribution in [2.75, 3.05) is 6.54 Å². The van der Waals surface area contributed by atoms with Crippen molar-refractivity contribution >= 4 is 16.4 Å². The van der Waals surface area contributed by atoms with Crippen LogP contribution in [-0.4, -0.2) is 31.5 Å². The van der Waals surface area contributed by atoms with Crippen LogP contribution in [0.3, 0.4) is 0 Å². The van der Waals surface area contributed by atoms with Gasteiger partial charge < -0.3 is 9.50 Å². The topological polar surface area (TPSA) is 92.7 Å². The Hall–Kier alpha value is -0.660. The van der Waals surface area contributed by atoms with E-state index in [0.29, 0.717) is 13.0 Å². The van der Waals surface area contributed by atoms with Gasteiger partial charge in [-0.3, -0.25) is 4.55 Å². The van der Waals surface area contributed by atoms with Crippen LogP contribution in [-0.2, 0) is 19.4 Å². The summed E-state index contributed by atoms with van der Waals surface area (Å²) in [6, 6.07) is -0.605. The first-order chi connectivity index (χ1) is 5.49. The molecule has 0 aliphatic carbocycles. The highest BCUT2D eigenvalue weighted by atomic mass is 32.3. The highest BCUT2D eigenvalue weighted by Crippen LogP contribution is 2.07. The third-order valence-electron chi connectivity index (χ3n) is 1.53. The first-order valence-electron chi connectivity index (χ1n) is 3.43. The summed E-state index contributed by atoms with van der Waals surface area (Å²) in [6.45, 7) is 0.658. The van der Waals surface area contributed by atoms with Crippen LogP contribution in [0.2, 0.25) is 0 Å². The summed E-state index contributed by atoms with van der Waals surface area (Å²) >= 11 is 0. The molecule has 1 aliphatic heterocycles. The van der Waals surface area contributed by atoms with Crippen LogP contribution in [0, 0.1) is 0 Å². The maximum atomic E-state index is 10.8. The van der Waals surface area contributed by atoms with Crippen molar-refractivity contribution in [3.8, 4) is 0 Å². The molecule has 0 saturated carbocycles. The number of hydrogen-bond donors (Lipinski definition) is 2. The number of hydrogen-bond acceptors (Lipinski definition) is 5. The Kier molecular flexibility index (Phi) is 2.65. The van der Waals surface area contributed by atoms with E-state index in [1.54, 1.807) is 0 Å². The summed E-state index contributed by atoms with van der Waals surface area (Å²) in [6.07, 6.45) is 1.33. The fourth-order valence-corrected chi connectivity index (χ4v) is 1.37. The van der Waals surface area contributed by atoms with Gasteiger partial charge >= 0.3 is 16.4 Å². The van der Waals surface area contributed by atoms with E-state index in [1.165, 1.54) is 0 Å². The van der Waals surface area contributed by atoms with E-state index in [0.717, 1.165) is 6.42 Å². The normalized spacial score (nSPS) is 23.9. The van der Waals surface area contributed by atoms with Crippen molar-refractivity contribution in [2.24, 2.45) is 0 Å². The average molecular weight is 195 g/mol. The molecule has 0 bridgehead atoms. The van der Waals surface area contributed by atoms with Crippen LogP contribution in [0.25, 0.3) is 0 Å². The van der Waals surface area contributed by atoms with Crippen molar-refractivity contribution in [1.29, 1.82) is 0 Å². The molecule has 1 fully saturated rings. The molecule has 1 aliphatic rings. The molecule has 1 atom stereocenters. The van der Waals surface area contributed by atoms with Crippen molar-refractivity contribution in [2.45, 2.75) is 18.9 Å². The standard InChI is InChI=1S/C5H9NO5S/c7-5(11-12(8,9)10)4-2-1-3-6-4/h4,6H,1-3H2,(H,8,9,10)/t4-/m0/s1. The molecule has 0 unspecified atom stereocenters. The smallest absolute Gasteiger partial charge is 0.323 e. The summed E-state index contributed by atoms with van der Waals surface area (Å²) in [7, 11) is -4.65. The monoisotopic (exact) mass is 195 g/mol. The molecule has 12 heavy (non-hydrogen) atoms. The van der Waals surface area contributed by atoms with Crippen LogP contribution >= 0.6 is 0 Å². The Morgan fingerprint density at radius 3 is 2.67 bits per heavy atom. The Morgan fingerprint density at radius 1 is 1.58 bits per heavy atom. The van der Waals surface area contributed by atoms with Crippen LogP contribution in [0.4, 0.5) is 0 Å². The van der Waals surface area contributed by atoms with E-state index >= 15 is 0 Å². The van der Waals surface area contributed by atoms with Gasteiger partial charge in [0.1, 0.15) is 6.04 Å². The first kappa shape index (κ1) is 9.43. The molecule has 70 valence electrons. The van der Waals surface area contributed by atoms with Gasteiger partial charge in [-0.15, -0.1) is 0 Å². The Labute approximate surface area is 69.9 Å². The van der Waals surface area contributed by atoms with Crippen LogP contribution < -0.4 is 5.32 Å². The lowest BCUT2D eigenvalue weighted by molar-refractivity contribution is -0.136. The summed E-state index contributed by atoms with van der Waals surface area (Å²) in [4.78, 5) is 10.8. The predicted octanol–water partition coefficient (Wildman–Crippen LogP) is -0.916. The fourth-order valence-electron chi connectivity index (χ4n) is 1.05.